The second-order valence-electron chi connectivity index (χ2n) is 8.98. The number of fused-ring (bicyclic) bond motifs is 1. The molecule has 0 unspecified atom stereocenters. The Bertz CT molecular complexity index is 1250. The van der Waals surface area contributed by atoms with E-state index in [9.17, 15) is 49.1 Å². The first kappa shape index (κ1) is 31.7. The van der Waals surface area contributed by atoms with Gasteiger partial charge in [0.05, 0.1) is 48.2 Å². The van der Waals surface area contributed by atoms with E-state index in [2.05, 4.69) is 0 Å². The topological polar surface area (TPSA) is 68.3 Å². The third-order valence-electron chi connectivity index (χ3n) is 6.14. The van der Waals surface area contributed by atoms with Crippen molar-refractivity contribution in [2.24, 2.45) is 0 Å². The average Bonchev–Trinajstić information content (AvgIpc) is 2.86. The minimum atomic E-state index is -5.16. The van der Waals surface area contributed by atoms with Crippen LogP contribution in [-0.4, -0.2) is 36.9 Å². The van der Waals surface area contributed by atoms with E-state index in [0.717, 1.165) is 23.1 Å². The predicted octanol–water partition coefficient (Wildman–Crippen LogP) is 7.74. The lowest BCUT2D eigenvalue weighted by molar-refractivity contribution is -0.143. The SMILES string of the molecule is CCOC(=O)ON1c2cc(C(F)(F)F)ccc2[C@@H](N(Cc2cc(C(F)(F)F)cc(C(F)(F)F)c2)C(=O)OC)C[C@H]1C. The van der Waals surface area contributed by atoms with Crippen molar-refractivity contribution in [3.8, 4) is 0 Å². The summed E-state index contributed by atoms with van der Waals surface area (Å²) in [5.74, 6) is 0. The van der Waals surface area contributed by atoms with Crippen LogP contribution in [-0.2, 0) is 39.4 Å². The van der Waals surface area contributed by atoms with Crippen molar-refractivity contribution in [2.75, 3.05) is 18.8 Å². The van der Waals surface area contributed by atoms with Gasteiger partial charge in [0.25, 0.3) is 0 Å². The number of alkyl halides is 9. The fourth-order valence-corrected chi connectivity index (χ4v) is 4.36. The lowest BCUT2D eigenvalue weighted by Gasteiger charge is -2.42. The van der Waals surface area contributed by atoms with Gasteiger partial charge in [0.2, 0.25) is 0 Å². The van der Waals surface area contributed by atoms with E-state index in [0.29, 0.717) is 24.3 Å². The lowest BCUT2D eigenvalue weighted by Crippen LogP contribution is -2.46. The number of hydrogen-bond donors (Lipinski definition) is 0. The maximum absolute atomic E-state index is 13.5. The smallest absolute Gasteiger partial charge is 0.453 e. The zero-order chi connectivity index (χ0) is 30.9. The van der Waals surface area contributed by atoms with Crippen LogP contribution in [0.25, 0.3) is 0 Å². The van der Waals surface area contributed by atoms with Crippen molar-refractivity contribution in [1.82, 2.24) is 4.90 Å². The molecule has 0 aromatic heterocycles. The summed E-state index contributed by atoms with van der Waals surface area (Å²) in [6.07, 6.45) is -17.8. The summed E-state index contributed by atoms with van der Waals surface area (Å²) in [5, 5.41) is 0.834. The van der Waals surface area contributed by atoms with Gasteiger partial charge in [-0.2, -0.15) is 39.5 Å². The molecular weight excluding hydrogens is 579 g/mol. The van der Waals surface area contributed by atoms with Gasteiger partial charge in [0, 0.05) is 12.1 Å². The number of benzene rings is 2. The molecule has 0 bridgehead atoms. The van der Waals surface area contributed by atoms with Crippen LogP contribution in [0.4, 0.5) is 54.8 Å². The number of nitrogens with zero attached hydrogens (tertiary/aromatic N) is 2. The summed E-state index contributed by atoms with van der Waals surface area (Å²) in [7, 11) is 0.915. The first-order valence-corrected chi connectivity index (χ1v) is 11.8. The fraction of sp³-hybridized carbons (Fsp3) is 0.440. The zero-order valence-corrected chi connectivity index (χ0v) is 21.6. The Hall–Kier alpha value is -3.85. The molecule has 1 amide bonds. The molecule has 0 radical (unpaired) electrons. The van der Waals surface area contributed by atoms with Gasteiger partial charge >= 0.3 is 30.8 Å². The minimum Gasteiger partial charge on any atom is -0.453 e. The number of ether oxygens (including phenoxy) is 2. The van der Waals surface area contributed by atoms with E-state index >= 15 is 0 Å². The van der Waals surface area contributed by atoms with Gasteiger partial charge in [-0.05, 0) is 56.2 Å². The standard InChI is InChI=1S/C25H23F9N2O5/c1-4-40-22(38)41-36-13(2)7-19(18-6-5-15(11-20(18)36)23(26,27)28)35(21(37)39-3)12-14-8-16(24(29,30)31)10-17(9-14)25(32,33)34/h5-6,8-11,13,19H,4,7,12H2,1-3H3/t13-,19+/m1/s1. The maximum atomic E-state index is 13.5. The van der Waals surface area contributed by atoms with Gasteiger partial charge in [-0.1, -0.05) is 6.07 Å². The van der Waals surface area contributed by atoms with E-state index in [4.69, 9.17) is 14.3 Å². The van der Waals surface area contributed by atoms with Gasteiger partial charge in [0.1, 0.15) is 0 Å². The van der Waals surface area contributed by atoms with Gasteiger partial charge < -0.3 is 14.3 Å². The molecule has 2 atom stereocenters. The number of methoxy groups -OCH3 is 1. The summed E-state index contributed by atoms with van der Waals surface area (Å²) in [6, 6.07) is 0.903. The monoisotopic (exact) mass is 602 g/mol. The van der Waals surface area contributed by atoms with Crippen LogP contribution < -0.4 is 5.06 Å². The van der Waals surface area contributed by atoms with Crippen LogP contribution in [0.1, 0.15) is 54.1 Å². The van der Waals surface area contributed by atoms with Crippen LogP contribution in [0.5, 0.6) is 0 Å². The highest BCUT2D eigenvalue weighted by molar-refractivity contribution is 5.71. The number of carbonyl (C=O) groups excluding carboxylic acids is 2. The van der Waals surface area contributed by atoms with E-state index in [1.165, 1.54) is 13.8 Å². The number of hydrogen-bond acceptors (Lipinski definition) is 6. The number of carbonyl (C=O) groups is 2. The zero-order valence-electron chi connectivity index (χ0n) is 21.6. The van der Waals surface area contributed by atoms with Crippen molar-refractivity contribution in [1.29, 1.82) is 0 Å². The highest BCUT2D eigenvalue weighted by atomic mass is 19.4. The summed E-state index contributed by atoms with van der Waals surface area (Å²) in [6.45, 7) is 1.91. The molecule has 1 aliphatic rings. The second-order valence-corrected chi connectivity index (χ2v) is 8.98. The molecule has 1 heterocycles. The molecule has 226 valence electrons. The first-order chi connectivity index (χ1) is 18.9. The third-order valence-corrected chi connectivity index (χ3v) is 6.14. The highest BCUT2D eigenvalue weighted by Gasteiger charge is 2.42. The van der Waals surface area contributed by atoms with E-state index in [-0.39, 0.29) is 30.3 Å². The number of amides is 1. The average molecular weight is 602 g/mol. The molecule has 16 heteroatoms. The van der Waals surface area contributed by atoms with Crippen molar-refractivity contribution >= 4 is 17.9 Å². The Morgan fingerprint density at radius 2 is 1.46 bits per heavy atom. The van der Waals surface area contributed by atoms with E-state index in [1.54, 1.807) is 0 Å². The third kappa shape index (κ3) is 7.27. The van der Waals surface area contributed by atoms with Crippen LogP contribution in [0.15, 0.2) is 36.4 Å². The fourth-order valence-electron chi connectivity index (χ4n) is 4.36. The molecule has 0 aliphatic carbocycles. The van der Waals surface area contributed by atoms with Gasteiger partial charge in [-0.3, -0.25) is 4.90 Å². The van der Waals surface area contributed by atoms with Crippen LogP contribution in [0, 0.1) is 0 Å². The van der Waals surface area contributed by atoms with Gasteiger partial charge in [0.15, 0.2) is 0 Å². The molecule has 0 N–H and O–H groups in total. The van der Waals surface area contributed by atoms with Gasteiger partial charge in [-0.25, -0.2) is 14.7 Å². The molecule has 41 heavy (non-hydrogen) atoms. The summed E-state index contributed by atoms with van der Waals surface area (Å²) in [4.78, 5) is 30.7. The Kier molecular flexibility index (Phi) is 8.93. The van der Waals surface area contributed by atoms with Crippen molar-refractivity contribution in [3.63, 3.8) is 0 Å². The Labute approximate surface area is 227 Å². The van der Waals surface area contributed by atoms with E-state index < -0.39 is 71.7 Å². The van der Waals surface area contributed by atoms with Crippen molar-refractivity contribution < 1.29 is 63.4 Å². The maximum Gasteiger partial charge on any atom is 0.533 e. The number of rotatable bonds is 5. The predicted molar refractivity (Wildman–Crippen MR) is 123 cm³/mol. The van der Waals surface area contributed by atoms with Gasteiger partial charge in [-0.15, -0.1) is 0 Å². The Morgan fingerprint density at radius 1 is 0.902 bits per heavy atom. The van der Waals surface area contributed by atoms with Crippen molar-refractivity contribution in [3.05, 3.63) is 64.2 Å². The van der Waals surface area contributed by atoms with Crippen LogP contribution in [0.3, 0.4) is 0 Å². The Morgan fingerprint density at radius 3 is 1.95 bits per heavy atom. The number of halogens is 9. The number of anilines is 1. The quantitative estimate of drug-likeness (QED) is 0.258. The molecule has 2 aromatic rings. The summed E-state index contributed by atoms with van der Waals surface area (Å²) >= 11 is 0. The molecule has 0 saturated heterocycles. The minimum absolute atomic E-state index is 0.0474. The highest BCUT2D eigenvalue weighted by Crippen LogP contribution is 2.45. The molecule has 0 fully saturated rings. The summed E-state index contributed by atoms with van der Waals surface area (Å²) < 4.78 is 131. The van der Waals surface area contributed by atoms with Crippen LogP contribution in [0.2, 0.25) is 0 Å². The van der Waals surface area contributed by atoms with E-state index in [1.807, 2.05) is 0 Å². The summed E-state index contributed by atoms with van der Waals surface area (Å²) in [5.41, 5.74) is -5.33. The molecular formula is C25H23F9N2O5. The lowest BCUT2D eigenvalue weighted by atomic mass is 9.90. The second kappa shape index (κ2) is 11.6. The molecule has 7 nitrogen and oxygen atoms in total. The molecule has 2 aromatic carbocycles. The molecule has 0 spiro atoms. The molecule has 0 saturated carbocycles. The molecule has 1 aliphatic heterocycles. The largest absolute Gasteiger partial charge is 0.533 e. The first-order valence-electron chi connectivity index (χ1n) is 11.8. The van der Waals surface area contributed by atoms with Crippen LogP contribution >= 0.6 is 0 Å². The molecule has 3 rings (SSSR count). The number of hydroxylamine groups is 1. The Balaban J connectivity index is 2.15. The normalized spacial score (nSPS) is 17.5. The van der Waals surface area contributed by atoms with Crippen molar-refractivity contribution in [2.45, 2.75) is 57.4 Å².